The lowest BCUT2D eigenvalue weighted by molar-refractivity contribution is 0.0951. The van der Waals surface area contributed by atoms with Crippen molar-refractivity contribution in [3.63, 3.8) is 0 Å². The Labute approximate surface area is 131 Å². The van der Waals surface area contributed by atoms with Gasteiger partial charge in [-0.1, -0.05) is 12.1 Å². The van der Waals surface area contributed by atoms with Crippen LogP contribution in [0, 0.1) is 13.8 Å². The third kappa shape index (κ3) is 4.08. The standard InChI is InChI=1S/C15H16BrNO2S/c1-10-4-3-5-12(8-10)19-7-6-17-15(18)13-9-11(2)14(16)20-13/h3-5,8-9H,6-7H2,1-2H3,(H,17,18). The zero-order valence-corrected chi connectivity index (χ0v) is 13.8. The lowest BCUT2D eigenvalue weighted by Gasteiger charge is -2.07. The Morgan fingerprint density at radius 1 is 1.35 bits per heavy atom. The van der Waals surface area contributed by atoms with Gasteiger partial charge in [-0.15, -0.1) is 11.3 Å². The van der Waals surface area contributed by atoms with Gasteiger partial charge in [-0.3, -0.25) is 4.79 Å². The molecule has 20 heavy (non-hydrogen) atoms. The second kappa shape index (κ2) is 6.90. The topological polar surface area (TPSA) is 38.3 Å². The van der Waals surface area contributed by atoms with Crippen LogP contribution in [0.1, 0.15) is 20.8 Å². The molecule has 2 rings (SSSR count). The monoisotopic (exact) mass is 353 g/mol. The molecule has 0 spiro atoms. The summed E-state index contributed by atoms with van der Waals surface area (Å²) in [5.41, 5.74) is 2.24. The molecule has 0 aliphatic heterocycles. The highest BCUT2D eigenvalue weighted by molar-refractivity contribution is 9.11. The maximum Gasteiger partial charge on any atom is 0.261 e. The number of carbonyl (C=O) groups is 1. The maximum absolute atomic E-state index is 11.9. The van der Waals surface area contributed by atoms with Crippen LogP contribution in [0.4, 0.5) is 0 Å². The Morgan fingerprint density at radius 2 is 2.15 bits per heavy atom. The molecule has 1 amide bonds. The molecule has 0 bridgehead atoms. The average molecular weight is 354 g/mol. The van der Waals surface area contributed by atoms with Gasteiger partial charge in [0.2, 0.25) is 0 Å². The van der Waals surface area contributed by atoms with E-state index in [2.05, 4.69) is 21.2 Å². The van der Waals surface area contributed by atoms with E-state index in [0.29, 0.717) is 18.0 Å². The smallest absolute Gasteiger partial charge is 0.261 e. The summed E-state index contributed by atoms with van der Waals surface area (Å²) in [5, 5.41) is 2.85. The first-order chi connectivity index (χ1) is 9.56. The molecule has 5 heteroatoms. The average Bonchev–Trinajstić information content (AvgIpc) is 2.75. The van der Waals surface area contributed by atoms with Crippen LogP contribution in [0.25, 0.3) is 0 Å². The fraction of sp³-hybridized carbons (Fsp3) is 0.267. The Balaban J connectivity index is 1.77. The molecular weight excluding hydrogens is 338 g/mol. The van der Waals surface area contributed by atoms with Crippen molar-refractivity contribution in [1.82, 2.24) is 5.32 Å². The molecule has 3 nitrogen and oxygen atoms in total. The molecular formula is C15H16BrNO2S. The van der Waals surface area contributed by atoms with E-state index < -0.39 is 0 Å². The molecule has 0 saturated carbocycles. The minimum atomic E-state index is -0.0587. The molecule has 2 aromatic rings. The molecule has 1 N–H and O–H groups in total. The summed E-state index contributed by atoms with van der Waals surface area (Å²) < 4.78 is 6.58. The largest absolute Gasteiger partial charge is 0.492 e. The molecule has 1 heterocycles. The van der Waals surface area contributed by atoms with E-state index in [9.17, 15) is 4.79 Å². The predicted molar refractivity (Wildman–Crippen MR) is 85.8 cm³/mol. The van der Waals surface area contributed by atoms with Crippen LogP contribution in [0.3, 0.4) is 0 Å². The summed E-state index contributed by atoms with van der Waals surface area (Å²) in [6.45, 7) is 4.94. The van der Waals surface area contributed by atoms with E-state index in [1.165, 1.54) is 11.3 Å². The number of amides is 1. The van der Waals surface area contributed by atoms with E-state index in [-0.39, 0.29) is 5.91 Å². The first-order valence-electron chi connectivity index (χ1n) is 6.30. The van der Waals surface area contributed by atoms with E-state index in [4.69, 9.17) is 4.74 Å². The molecule has 1 aromatic heterocycles. The predicted octanol–water partition coefficient (Wildman–Crippen LogP) is 3.94. The van der Waals surface area contributed by atoms with Crippen molar-refractivity contribution in [2.45, 2.75) is 13.8 Å². The van der Waals surface area contributed by atoms with Gasteiger partial charge in [-0.2, -0.15) is 0 Å². The zero-order valence-electron chi connectivity index (χ0n) is 11.4. The van der Waals surface area contributed by atoms with Gasteiger partial charge in [0.05, 0.1) is 15.2 Å². The van der Waals surface area contributed by atoms with Gasteiger partial charge in [0.25, 0.3) is 5.91 Å². The summed E-state index contributed by atoms with van der Waals surface area (Å²) >= 11 is 4.86. The van der Waals surface area contributed by atoms with Gasteiger partial charge in [-0.05, 0) is 59.1 Å². The number of benzene rings is 1. The quantitative estimate of drug-likeness (QED) is 0.826. The summed E-state index contributed by atoms with van der Waals surface area (Å²) in [6.07, 6.45) is 0. The second-order valence-corrected chi connectivity index (χ2v) is 6.86. The van der Waals surface area contributed by atoms with Gasteiger partial charge >= 0.3 is 0 Å². The fourth-order valence-corrected chi connectivity index (χ4v) is 3.15. The van der Waals surface area contributed by atoms with Crippen molar-refractivity contribution < 1.29 is 9.53 Å². The van der Waals surface area contributed by atoms with Crippen LogP contribution in [-0.2, 0) is 0 Å². The molecule has 0 unspecified atom stereocenters. The molecule has 0 aliphatic rings. The van der Waals surface area contributed by atoms with E-state index >= 15 is 0 Å². The highest BCUT2D eigenvalue weighted by Crippen LogP contribution is 2.27. The number of halogens is 1. The van der Waals surface area contributed by atoms with E-state index in [1.807, 2.05) is 44.2 Å². The van der Waals surface area contributed by atoms with E-state index in [0.717, 1.165) is 20.7 Å². The van der Waals surface area contributed by atoms with Crippen molar-refractivity contribution in [1.29, 1.82) is 0 Å². The molecule has 0 atom stereocenters. The first kappa shape index (κ1) is 15.1. The summed E-state index contributed by atoms with van der Waals surface area (Å²) in [4.78, 5) is 12.6. The number of aryl methyl sites for hydroxylation is 2. The summed E-state index contributed by atoms with van der Waals surface area (Å²) in [7, 11) is 0. The van der Waals surface area contributed by atoms with Crippen molar-refractivity contribution in [3.8, 4) is 5.75 Å². The Kier molecular flexibility index (Phi) is 5.20. The number of hydrogen-bond donors (Lipinski definition) is 1. The highest BCUT2D eigenvalue weighted by Gasteiger charge is 2.10. The maximum atomic E-state index is 11.9. The van der Waals surface area contributed by atoms with E-state index in [1.54, 1.807) is 0 Å². The Hall–Kier alpha value is -1.33. The highest BCUT2D eigenvalue weighted by atomic mass is 79.9. The number of hydrogen-bond acceptors (Lipinski definition) is 3. The third-order valence-corrected chi connectivity index (χ3v) is 4.86. The number of nitrogens with one attached hydrogen (secondary N) is 1. The molecule has 0 fully saturated rings. The van der Waals surface area contributed by atoms with Crippen molar-refractivity contribution in [3.05, 3.63) is 50.1 Å². The normalized spacial score (nSPS) is 10.3. The van der Waals surface area contributed by atoms with Gasteiger partial charge in [-0.25, -0.2) is 0 Å². The first-order valence-corrected chi connectivity index (χ1v) is 7.91. The van der Waals surface area contributed by atoms with Crippen LogP contribution in [-0.4, -0.2) is 19.1 Å². The SMILES string of the molecule is Cc1cccc(OCCNC(=O)c2cc(C)c(Br)s2)c1. The van der Waals surface area contributed by atoms with Crippen LogP contribution >= 0.6 is 27.3 Å². The fourth-order valence-electron chi connectivity index (χ4n) is 1.70. The van der Waals surface area contributed by atoms with Crippen LogP contribution < -0.4 is 10.1 Å². The van der Waals surface area contributed by atoms with Crippen LogP contribution in [0.5, 0.6) is 5.75 Å². The third-order valence-electron chi connectivity index (χ3n) is 2.73. The van der Waals surface area contributed by atoms with Gasteiger partial charge < -0.3 is 10.1 Å². The number of thiophene rings is 1. The second-order valence-electron chi connectivity index (χ2n) is 4.49. The zero-order chi connectivity index (χ0) is 14.5. The van der Waals surface area contributed by atoms with Crippen LogP contribution in [0.2, 0.25) is 0 Å². The number of carbonyl (C=O) groups excluding carboxylic acids is 1. The number of ether oxygens (including phenoxy) is 1. The summed E-state index contributed by atoms with van der Waals surface area (Å²) in [5.74, 6) is 0.769. The van der Waals surface area contributed by atoms with Gasteiger partial charge in [0.15, 0.2) is 0 Å². The lowest BCUT2D eigenvalue weighted by atomic mass is 10.2. The minimum Gasteiger partial charge on any atom is -0.492 e. The van der Waals surface area contributed by atoms with Crippen molar-refractivity contribution >= 4 is 33.2 Å². The molecule has 0 aliphatic carbocycles. The Morgan fingerprint density at radius 3 is 2.80 bits per heavy atom. The van der Waals surface area contributed by atoms with Crippen molar-refractivity contribution in [2.24, 2.45) is 0 Å². The van der Waals surface area contributed by atoms with Gasteiger partial charge in [0.1, 0.15) is 12.4 Å². The molecule has 0 radical (unpaired) electrons. The minimum absolute atomic E-state index is 0.0587. The Bertz CT molecular complexity index is 590. The number of rotatable bonds is 5. The molecule has 106 valence electrons. The van der Waals surface area contributed by atoms with Crippen LogP contribution in [0.15, 0.2) is 34.1 Å². The lowest BCUT2D eigenvalue weighted by Crippen LogP contribution is -2.27. The molecule has 1 aromatic carbocycles. The van der Waals surface area contributed by atoms with Crippen molar-refractivity contribution in [2.75, 3.05) is 13.2 Å². The molecule has 0 saturated heterocycles. The van der Waals surface area contributed by atoms with Gasteiger partial charge in [0, 0.05) is 0 Å². The summed E-state index contributed by atoms with van der Waals surface area (Å²) in [6, 6.07) is 9.74.